The van der Waals surface area contributed by atoms with Crippen molar-refractivity contribution in [2.45, 2.75) is 11.3 Å². The van der Waals surface area contributed by atoms with Gasteiger partial charge in [-0.3, -0.25) is 0 Å². The number of carbonyl (C=O) groups is 1. The highest BCUT2D eigenvalue weighted by atomic mass is 32.2. The van der Waals surface area contributed by atoms with Gasteiger partial charge in [0.2, 0.25) is 10.0 Å². The average Bonchev–Trinajstić information content (AvgIpc) is 3.21. The van der Waals surface area contributed by atoms with Crippen molar-refractivity contribution in [3.05, 3.63) is 40.2 Å². The highest BCUT2D eigenvalue weighted by Gasteiger charge is 2.30. The fraction of sp³-hybridized carbons (Fsp3) is 0.412. The molecule has 1 N–H and O–H groups in total. The van der Waals surface area contributed by atoms with Crippen LogP contribution in [0.4, 0.5) is 5.82 Å². The van der Waals surface area contributed by atoms with E-state index in [-0.39, 0.29) is 29.4 Å². The maximum absolute atomic E-state index is 13.1. The zero-order valence-electron chi connectivity index (χ0n) is 14.9. The Labute approximate surface area is 162 Å². The smallest absolute Gasteiger partial charge is 0.339 e. The van der Waals surface area contributed by atoms with Crippen molar-refractivity contribution in [1.82, 2.24) is 9.29 Å². The van der Waals surface area contributed by atoms with Crippen molar-refractivity contribution in [3.63, 3.8) is 0 Å². The van der Waals surface area contributed by atoms with Gasteiger partial charge >= 0.3 is 5.97 Å². The standard InChI is InChI=1S/C17H21N3O5S2/c1-24-17(21)14-10-15(27(22,23)20-5-7-25-8-6-20)16(19-11-14)18-4-2-13-3-9-26-12-13/h3,9-12H,2,4-8H2,1H3,(H,18,19). The van der Waals surface area contributed by atoms with Gasteiger partial charge in [0, 0.05) is 25.8 Å². The molecule has 0 amide bonds. The summed E-state index contributed by atoms with van der Waals surface area (Å²) in [7, 11) is -2.58. The van der Waals surface area contributed by atoms with Crippen LogP contribution in [0, 0.1) is 0 Å². The molecule has 0 saturated carbocycles. The van der Waals surface area contributed by atoms with Gasteiger partial charge in [0.15, 0.2) is 0 Å². The second-order valence-corrected chi connectivity index (χ2v) is 8.57. The number of anilines is 1. The van der Waals surface area contributed by atoms with Crippen LogP contribution in [-0.2, 0) is 25.9 Å². The predicted octanol–water partition coefficient (Wildman–Crippen LogP) is 1.61. The second kappa shape index (κ2) is 8.79. The molecular formula is C17H21N3O5S2. The lowest BCUT2D eigenvalue weighted by molar-refractivity contribution is 0.0600. The third-order valence-corrected chi connectivity index (χ3v) is 6.79. The van der Waals surface area contributed by atoms with Crippen molar-refractivity contribution in [2.75, 3.05) is 45.3 Å². The van der Waals surface area contributed by atoms with Crippen LogP contribution in [0.5, 0.6) is 0 Å². The molecule has 0 atom stereocenters. The highest BCUT2D eigenvalue weighted by molar-refractivity contribution is 7.89. The Hall–Kier alpha value is -2.01. The fourth-order valence-corrected chi connectivity index (χ4v) is 4.95. The molecule has 3 heterocycles. The van der Waals surface area contributed by atoms with Crippen LogP contribution in [0.3, 0.4) is 0 Å². The van der Waals surface area contributed by atoms with Crippen LogP contribution in [-0.4, -0.2) is 63.6 Å². The Balaban J connectivity index is 1.88. The summed E-state index contributed by atoms with van der Waals surface area (Å²) >= 11 is 1.61. The molecule has 0 unspecified atom stereocenters. The first-order valence-corrected chi connectivity index (χ1v) is 10.8. The predicted molar refractivity (Wildman–Crippen MR) is 102 cm³/mol. The number of hydrogen-bond donors (Lipinski definition) is 1. The molecule has 146 valence electrons. The monoisotopic (exact) mass is 411 g/mol. The number of nitrogens with one attached hydrogen (secondary N) is 1. The van der Waals surface area contributed by atoms with E-state index < -0.39 is 16.0 Å². The lowest BCUT2D eigenvalue weighted by Crippen LogP contribution is -2.41. The zero-order chi connectivity index (χ0) is 19.3. The van der Waals surface area contributed by atoms with Crippen LogP contribution in [0.2, 0.25) is 0 Å². The van der Waals surface area contributed by atoms with Gasteiger partial charge in [-0.1, -0.05) is 0 Å². The molecule has 3 rings (SSSR count). The Morgan fingerprint density at radius 1 is 1.41 bits per heavy atom. The van der Waals surface area contributed by atoms with E-state index in [1.807, 2.05) is 16.8 Å². The Kier molecular flexibility index (Phi) is 6.42. The second-order valence-electron chi connectivity index (χ2n) is 5.89. The minimum Gasteiger partial charge on any atom is -0.465 e. The maximum atomic E-state index is 13.1. The molecule has 0 radical (unpaired) electrons. The van der Waals surface area contributed by atoms with Crippen molar-refractivity contribution in [1.29, 1.82) is 0 Å². The van der Waals surface area contributed by atoms with E-state index in [4.69, 9.17) is 9.47 Å². The summed E-state index contributed by atoms with van der Waals surface area (Å²) in [6.45, 7) is 1.72. The number of ether oxygens (including phenoxy) is 2. The number of nitrogens with zero attached hydrogens (tertiary/aromatic N) is 2. The number of hydrogen-bond acceptors (Lipinski definition) is 8. The highest BCUT2D eigenvalue weighted by Crippen LogP contribution is 2.25. The van der Waals surface area contributed by atoms with Gasteiger partial charge in [-0.25, -0.2) is 18.2 Å². The van der Waals surface area contributed by atoms with Crippen molar-refractivity contribution >= 4 is 33.1 Å². The third kappa shape index (κ3) is 4.64. The SMILES string of the molecule is COC(=O)c1cnc(NCCc2ccsc2)c(S(=O)(=O)N2CCOCC2)c1. The Morgan fingerprint density at radius 3 is 2.85 bits per heavy atom. The van der Waals surface area contributed by atoms with Gasteiger partial charge in [-0.05, 0) is 34.9 Å². The summed E-state index contributed by atoms with van der Waals surface area (Å²) in [6, 6.07) is 3.34. The maximum Gasteiger partial charge on any atom is 0.339 e. The quantitative estimate of drug-likeness (QED) is 0.691. The van der Waals surface area contributed by atoms with E-state index in [9.17, 15) is 13.2 Å². The Bertz CT molecular complexity index is 878. The normalized spacial score (nSPS) is 15.4. The first-order valence-electron chi connectivity index (χ1n) is 8.43. The van der Waals surface area contributed by atoms with E-state index in [2.05, 4.69) is 10.3 Å². The number of morpholine rings is 1. The molecule has 0 aromatic carbocycles. The van der Waals surface area contributed by atoms with Crippen LogP contribution < -0.4 is 5.32 Å². The summed E-state index contributed by atoms with van der Waals surface area (Å²) in [4.78, 5) is 16.0. The first-order chi connectivity index (χ1) is 13.0. The molecule has 2 aromatic heterocycles. The topological polar surface area (TPSA) is 97.8 Å². The molecule has 1 fully saturated rings. The lowest BCUT2D eigenvalue weighted by atomic mass is 10.2. The minimum atomic E-state index is -3.82. The van der Waals surface area contributed by atoms with E-state index in [1.54, 1.807) is 11.3 Å². The Morgan fingerprint density at radius 2 is 2.19 bits per heavy atom. The number of thiophene rings is 1. The largest absolute Gasteiger partial charge is 0.465 e. The number of carbonyl (C=O) groups excluding carboxylic acids is 1. The van der Waals surface area contributed by atoms with Gasteiger partial charge in [0.1, 0.15) is 10.7 Å². The van der Waals surface area contributed by atoms with Crippen LogP contribution in [0.15, 0.2) is 34.0 Å². The molecule has 10 heteroatoms. The van der Waals surface area contributed by atoms with Gasteiger partial charge in [-0.15, -0.1) is 0 Å². The number of aromatic nitrogens is 1. The van der Waals surface area contributed by atoms with E-state index in [1.165, 1.54) is 23.7 Å². The molecular weight excluding hydrogens is 390 g/mol. The van der Waals surface area contributed by atoms with Crippen LogP contribution >= 0.6 is 11.3 Å². The number of rotatable bonds is 7. The van der Waals surface area contributed by atoms with Gasteiger partial charge in [0.05, 0.1) is 25.9 Å². The minimum absolute atomic E-state index is 0.0300. The summed E-state index contributed by atoms with van der Waals surface area (Å²) in [6.07, 6.45) is 2.05. The molecule has 8 nitrogen and oxygen atoms in total. The van der Waals surface area contributed by atoms with Crippen LogP contribution in [0.25, 0.3) is 0 Å². The van der Waals surface area contributed by atoms with E-state index in [0.717, 1.165) is 12.0 Å². The molecule has 0 aliphatic carbocycles. The number of sulfonamides is 1. The lowest BCUT2D eigenvalue weighted by Gasteiger charge is -2.27. The number of esters is 1. The molecule has 27 heavy (non-hydrogen) atoms. The summed E-state index contributed by atoms with van der Waals surface area (Å²) in [5.41, 5.74) is 1.25. The first kappa shape index (κ1) is 19.7. The van der Waals surface area contributed by atoms with E-state index in [0.29, 0.717) is 19.8 Å². The molecule has 1 aliphatic rings. The fourth-order valence-electron chi connectivity index (χ4n) is 2.69. The third-order valence-electron chi connectivity index (χ3n) is 4.15. The summed E-state index contributed by atoms with van der Waals surface area (Å²) in [5.74, 6) is -0.407. The van der Waals surface area contributed by atoms with Gasteiger partial charge in [0.25, 0.3) is 0 Å². The van der Waals surface area contributed by atoms with E-state index >= 15 is 0 Å². The summed E-state index contributed by atoms with van der Waals surface area (Å²) in [5, 5.41) is 7.12. The molecule has 0 spiro atoms. The molecule has 1 saturated heterocycles. The van der Waals surface area contributed by atoms with Gasteiger partial charge in [-0.2, -0.15) is 15.6 Å². The molecule has 1 aliphatic heterocycles. The van der Waals surface area contributed by atoms with Crippen molar-refractivity contribution in [2.24, 2.45) is 0 Å². The zero-order valence-corrected chi connectivity index (χ0v) is 16.5. The van der Waals surface area contributed by atoms with Gasteiger partial charge < -0.3 is 14.8 Å². The van der Waals surface area contributed by atoms with Crippen molar-refractivity contribution < 1.29 is 22.7 Å². The van der Waals surface area contributed by atoms with Crippen molar-refractivity contribution in [3.8, 4) is 0 Å². The van der Waals surface area contributed by atoms with Crippen LogP contribution in [0.1, 0.15) is 15.9 Å². The molecule has 0 bridgehead atoms. The summed E-state index contributed by atoms with van der Waals surface area (Å²) < 4.78 is 37.5. The average molecular weight is 412 g/mol. The molecule has 2 aromatic rings. The number of pyridine rings is 1. The number of methoxy groups -OCH3 is 1.